The topological polar surface area (TPSA) is 156 Å². The van der Waals surface area contributed by atoms with Crippen LogP contribution in [0.2, 0.25) is 0 Å². The first kappa shape index (κ1) is 45.7. The summed E-state index contributed by atoms with van der Waals surface area (Å²) in [5.74, 6) is 1.49. The van der Waals surface area contributed by atoms with Crippen LogP contribution in [0.25, 0.3) is 11.2 Å². The summed E-state index contributed by atoms with van der Waals surface area (Å²) in [5.41, 5.74) is 1.51. The molecule has 3 unspecified atom stereocenters. The Hall–Kier alpha value is -5.82. The zero-order valence-electron chi connectivity index (χ0n) is 37.6. The van der Waals surface area contributed by atoms with Crippen molar-refractivity contribution < 1.29 is 37.5 Å². The second kappa shape index (κ2) is 19.7. The number of methoxy groups -OCH3 is 2. The van der Waals surface area contributed by atoms with Crippen LogP contribution >= 0.6 is 8.53 Å². The van der Waals surface area contributed by atoms with E-state index in [1.54, 1.807) is 39.7 Å². The number of carbonyl (C=O) groups excluding carboxylic acids is 1. The minimum atomic E-state index is -1.76. The molecule has 0 saturated carbocycles. The molecule has 338 valence electrons. The summed E-state index contributed by atoms with van der Waals surface area (Å²) in [6, 6.07) is 37.0. The number of amides is 1. The summed E-state index contributed by atoms with van der Waals surface area (Å²) < 4.78 is 50.5. The van der Waals surface area contributed by atoms with Crippen molar-refractivity contribution in [3.63, 3.8) is 0 Å². The Kier molecular flexibility index (Phi) is 13.9. The third-order valence-corrected chi connectivity index (χ3v) is 13.9. The first-order valence-corrected chi connectivity index (χ1v) is 22.7. The SMILES string of the molecule is COc1ccc(C(OC[C@]23COC(C2OP(OCCC#N)N(C(C)C)C(C)C)[C@H](n2cnc4c(N(C)C(=O)c5ccccc5)ncnc42)O3)(c2ccccc2)c2ccc(OC)cc2)cc1. The monoisotopic (exact) mass is 899 g/mol. The molecule has 0 spiro atoms. The van der Waals surface area contributed by atoms with Crippen LogP contribution in [0.3, 0.4) is 0 Å². The summed E-state index contributed by atoms with van der Waals surface area (Å²) in [6.45, 7) is 8.67. The molecule has 4 heterocycles. The number of ether oxygens (including phenoxy) is 5. The van der Waals surface area contributed by atoms with E-state index in [1.165, 1.54) is 11.2 Å². The van der Waals surface area contributed by atoms with Crippen LogP contribution in [0.5, 0.6) is 11.5 Å². The van der Waals surface area contributed by atoms with Crippen LogP contribution in [-0.4, -0.2) is 101 Å². The zero-order valence-corrected chi connectivity index (χ0v) is 38.5. The van der Waals surface area contributed by atoms with E-state index in [4.69, 9.17) is 37.7 Å². The van der Waals surface area contributed by atoms with Gasteiger partial charge in [0.15, 0.2) is 23.2 Å². The van der Waals surface area contributed by atoms with E-state index in [9.17, 15) is 10.1 Å². The van der Waals surface area contributed by atoms with E-state index in [-0.39, 0.29) is 44.2 Å². The molecule has 2 fully saturated rings. The first-order chi connectivity index (χ1) is 31.5. The standard InChI is InChI=1S/C49H54N7O8P/c1-33(2)56(34(3)4)65(62-28-14-27-50)64-43-42-47(55-32-53-41-44(51-31-52-45(41)55)54(5)46(57)35-15-10-8-11-16-35)63-48(43,29-60-42)30-61-49(36-17-12-9-13-18-36,37-19-23-39(58-6)24-20-37)38-21-25-40(59-7)26-22-38/h8-13,15-26,31-34,42-43,47H,14,28-30H2,1-7H3/t42?,43?,47-,48-,65?/m1/s1. The largest absolute Gasteiger partial charge is 0.497 e. The van der Waals surface area contributed by atoms with Crippen LogP contribution in [-0.2, 0) is 28.9 Å². The molecule has 16 heteroatoms. The maximum atomic E-state index is 13.6. The lowest BCUT2D eigenvalue weighted by molar-refractivity contribution is -0.202. The van der Waals surface area contributed by atoms with Crippen LogP contribution in [0.1, 0.15) is 67.4 Å². The Morgan fingerprint density at radius 3 is 2.06 bits per heavy atom. The molecule has 8 rings (SSSR count). The highest BCUT2D eigenvalue weighted by Crippen LogP contribution is 2.56. The Balaban J connectivity index is 1.24. The molecule has 15 nitrogen and oxygen atoms in total. The van der Waals surface area contributed by atoms with Gasteiger partial charge in [0.1, 0.15) is 41.2 Å². The van der Waals surface area contributed by atoms with Crippen LogP contribution in [0.15, 0.2) is 122 Å². The Labute approximate surface area is 380 Å². The van der Waals surface area contributed by atoms with Gasteiger partial charge in [0, 0.05) is 24.7 Å². The van der Waals surface area contributed by atoms with E-state index in [2.05, 4.69) is 48.4 Å². The van der Waals surface area contributed by atoms with Gasteiger partial charge in [-0.15, -0.1) is 0 Å². The molecule has 2 aliphatic heterocycles. The number of hydrogen-bond donors (Lipinski definition) is 0. The molecular weight excluding hydrogens is 846 g/mol. The fourth-order valence-electron chi connectivity index (χ4n) is 8.71. The molecule has 5 atom stereocenters. The van der Waals surface area contributed by atoms with Crippen molar-refractivity contribution >= 4 is 31.4 Å². The Morgan fingerprint density at radius 1 is 0.877 bits per heavy atom. The Bertz CT molecular complexity index is 2520. The number of nitrogens with zero attached hydrogens (tertiary/aromatic N) is 7. The van der Waals surface area contributed by atoms with Gasteiger partial charge in [-0.05, 0) is 80.8 Å². The summed E-state index contributed by atoms with van der Waals surface area (Å²) in [7, 11) is 3.18. The predicted molar refractivity (Wildman–Crippen MR) is 245 cm³/mol. The van der Waals surface area contributed by atoms with Gasteiger partial charge in [0.25, 0.3) is 14.4 Å². The van der Waals surface area contributed by atoms with Gasteiger partial charge in [-0.1, -0.05) is 72.8 Å². The average Bonchev–Trinajstić information content (AvgIpc) is 4.01. The molecule has 65 heavy (non-hydrogen) atoms. The predicted octanol–water partition coefficient (Wildman–Crippen LogP) is 8.46. The van der Waals surface area contributed by atoms with Gasteiger partial charge in [0.05, 0.1) is 52.9 Å². The second-order valence-electron chi connectivity index (χ2n) is 16.5. The van der Waals surface area contributed by atoms with Gasteiger partial charge in [0.2, 0.25) is 0 Å². The number of nitriles is 1. The molecule has 0 radical (unpaired) electrons. The number of fused-ring (bicyclic) bond motifs is 3. The number of imidazole rings is 1. The van der Waals surface area contributed by atoms with Gasteiger partial charge in [-0.3, -0.25) is 14.3 Å². The molecule has 2 saturated heterocycles. The molecule has 1 amide bonds. The summed E-state index contributed by atoms with van der Waals surface area (Å²) in [4.78, 5) is 29.0. The highest BCUT2D eigenvalue weighted by molar-refractivity contribution is 7.44. The zero-order chi connectivity index (χ0) is 45.7. The first-order valence-electron chi connectivity index (χ1n) is 21.6. The number of aromatic nitrogens is 4. The maximum absolute atomic E-state index is 13.6. The number of benzene rings is 4. The van der Waals surface area contributed by atoms with Gasteiger partial charge in [-0.25, -0.2) is 19.6 Å². The molecule has 2 aliphatic rings. The number of anilines is 1. The lowest BCUT2D eigenvalue weighted by Crippen LogP contribution is -2.49. The smallest absolute Gasteiger partial charge is 0.259 e. The molecule has 2 bridgehead atoms. The maximum Gasteiger partial charge on any atom is 0.259 e. The van der Waals surface area contributed by atoms with Crippen molar-refractivity contribution in [3.05, 3.63) is 144 Å². The van der Waals surface area contributed by atoms with Crippen LogP contribution in [0.4, 0.5) is 5.82 Å². The van der Waals surface area contributed by atoms with Gasteiger partial charge >= 0.3 is 0 Å². The highest BCUT2D eigenvalue weighted by atomic mass is 31.2. The van der Waals surface area contributed by atoms with Crippen LogP contribution < -0.4 is 14.4 Å². The molecule has 2 aromatic heterocycles. The van der Waals surface area contributed by atoms with Crippen molar-refractivity contribution in [1.29, 1.82) is 5.26 Å². The highest BCUT2D eigenvalue weighted by Gasteiger charge is 2.65. The quantitative estimate of drug-likeness (QED) is 0.0434. The van der Waals surface area contributed by atoms with Crippen molar-refractivity contribution in [2.24, 2.45) is 0 Å². The minimum Gasteiger partial charge on any atom is -0.497 e. The van der Waals surface area contributed by atoms with E-state index in [0.717, 1.165) is 16.7 Å². The fourth-order valence-corrected chi connectivity index (χ4v) is 10.5. The average molecular weight is 900 g/mol. The minimum absolute atomic E-state index is 0.0104. The number of rotatable bonds is 19. The van der Waals surface area contributed by atoms with Gasteiger partial charge < -0.3 is 32.7 Å². The number of hydrogen-bond acceptors (Lipinski definition) is 13. The summed E-state index contributed by atoms with van der Waals surface area (Å²) >= 11 is 0. The van der Waals surface area contributed by atoms with Crippen molar-refractivity contribution in [2.75, 3.05) is 46.0 Å². The van der Waals surface area contributed by atoms with Gasteiger partial charge in [-0.2, -0.15) is 5.26 Å². The molecular formula is C49H54N7O8P. The van der Waals surface area contributed by atoms with Crippen molar-refractivity contribution in [2.45, 2.75) is 75.8 Å². The van der Waals surface area contributed by atoms with Crippen molar-refractivity contribution in [1.82, 2.24) is 24.2 Å². The molecule has 0 N–H and O–H groups in total. The van der Waals surface area contributed by atoms with E-state index in [1.807, 2.05) is 102 Å². The lowest BCUT2D eigenvalue weighted by atomic mass is 9.79. The molecule has 0 aliphatic carbocycles. The van der Waals surface area contributed by atoms with Crippen LogP contribution in [0, 0.1) is 11.3 Å². The third kappa shape index (κ3) is 8.83. The van der Waals surface area contributed by atoms with E-state index in [0.29, 0.717) is 34.0 Å². The van der Waals surface area contributed by atoms with Crippen molar-refractivity contribution in [3.8, 4) is 17.6 Å². The summed E-state index contributed by atoms with van der Waals surface area (Å²) in [6.07, 6.45) is 0.982. The fraction of sp³-hybridized carbons (Fsp3) is 0.367. The van der Waals surface area contributed by atoms with E-state index >= 15 is 0 Å². The Morgan fingerprint density at radius 2 is 1.48 bits per heavy atom. The van der Waals surface area contributed by atoms with E-state index < -0.39 is 38.2 Å². The normalized spacial score (nSPS) is 19.8. The second-order valence-corrected chi connectivity index (χ2v) is 17.9. The molecule has 6 aromatic rings. The third-order valence-electron chi connectivity index (χ3n) is 11.8. The summed E-state index contributed by atoms with van der Waals surface area (Å²) in [5, 5.41) is 9.52. The molecule has 4 aromatic carbocycles. The lowest BCUT2D eigenvalue weighted by Gasteiger charge is -2.41. The number of carbonyl (C=O) groups is 1.